The lowest BCUT2D eigenvalue weighted by molar-refractivity contribution is 0.171. The van der Waals surface area contributed by atoms with Gasteiger partial charge in [0.2, 0.25) is 10.0 Å². The molecular formula is C17H16N2O4S3. The highest BCUT2D eigenvalue weighted by Crippen LogP contribution is 2.33. The van der Waals surface area contributed by atoms with Crippen LogP contribution < -0.4 is 14.2 Å². The second kappa shape index (κ2) is 6.99. The second-order valence-electron chi connectivity index (χ2n) is 5.63. The summed E-state index contributed by atoms with van der Waals surface area (Å²) >= 11 is 3.12. The van der Waals surface area contributed by atoms with Crippen molar-refractivity contribution in [2.45, 2.75) is 18.4 Å². The van der Waals surface area contributed by atoms with Gasteiger partial charge in [-0.15, -0.1) is 22.7 Å². The van der Waals surface area contributed by atoms with Crippen molar-refractivity contribution in [2.24, 2.45) is 0 Å². The Morgan fingerprint density at radius 3 is 2.77 bits per heavy atom. The van der Waals surface area contributed by atoms with E-state index >= 15 is 0 Å². The van der Waals surface area contributed by atoms with Gasteiger partial charge in [-0.1, -0.05) is 6.07 Å². The molecule has 1 aliphatic heterocycles. The first kappa shape index (κ1) is 17.5. The van der Waals surface area contributed by atoms with Gasteiger partial charge in [0.05, 0.1) is 15.5 Å². The molecule has 136 valence electrons. The van der Waals surface area contributed by atoms with Crippen LogP contribution in [-0.2, 0) is 16.6 Å². The number of thiazole rings is 1. The lowest BCUT2D eigenvalue weighted by Crippen LogP contribution is -2.23. The summed E-state index contributed by atoms with van der Waals surface area (Å²) in [7, 11) is -3.66. The average Bonchev–Trinajstić information content (AvgIpc) is 3.29. The molecule has 0 amide bonds. The zero-order valence-electron chi connectivity index (χ0n) is 13.9. The molecule has 0 radical (unpaired) electrons. The molecule has 0 aliphatic carbocycles. The van der Waals surface area contributed by atoms with Crippen molar-refractivity contribution in [3.63, 3.8) is 0 Å². The fourth-order valence-corrected chi connectivity index (χ4v) is 5.43. The number of ether oxygens (including phenoxy) is 2. The quantitative estimate of drug-likeness (QED) is 0.700. The van der Waals surface area contributed by atoms with Crippen molar-refractivity contribution in [2.75, 3.05) is 13.2 Å². The summed E-state index contributed by atoms with van der Waals surface area (Å²) in [6.07, 6.45) is 0. The molecule has 0 bridgehead atoms. The first-order valence-corrected chi connectivity index (χ1v) is 11.1. The van der Waals surface area contributed by atoms with Gasteiger partial charge in [-0.3, -0.25) is 0 Å². The Bertz CT molecular complexity index is 1030. The predicted octanol–water partition coefficient (Wildman–Crippen LogP) is 3.43. The smallest absolute Gasteiger partial charge is 0.241 e. The van der Waals surface area contributed by atoms with E-state index in [-0.39, 0.29) is 11.4 Å². The number of hydrogen-bond donors (Lipinski definition) is 1. The van der Waals surface area contributed by atoms with Crippen LogP contribution in [0.25, 0.3) is 9.88 Å². The normalized spacial score (nSPS) is 13.7. The van der Waals surface area contributed by atoms with E-state index < -0.39 is 10.0 Å². The van der Waals surface area contributed by atoms with Crippen LogP contribution >= 0.6 is 22.7 Å². The summed E-state index contributed by atoms with van der Waals surface area (Å²) < 4.78 is 38.8. The van der Waals surface area contributed by atoms with E-state index in [9.17, 15) is 8.42 Å². The molecule has 0 spiro atoms. The zero-order valence-corrected chi connectivity index (χ0v) is 16.3. The Morgan fingerprint density at radius 2 is 2.00 bits per heavy atom. The molecule has 6 nitrogen and oxygen atoms in total. The van der Waals surface area contributed by atoms with Crippen LogP contribution in [0.1, 0.15) is 10.6 Å². The van der Waals surface area contributed by atoms with Gasteiger partial charge in [0.15, 0.2) is 11.5 Å². The number of rotatable bonds is 5. The molecular weight excluding hydrogens is 392 g/mol. The number of sulfonamides is 1. The Balaban J connectivity index is 1.52. The molecule has 26 heavy (non-hydrogen) atoms. The number of benzene rings is 1. The van der Waals surface area contributed by atoms with Crippen molar-refractivity contribution < 1.29 is 17.9 Å². The Kier molecular flexibility index (Phi) is 4.70. The highest BCUT2D eigenvalue weighted by Gasteiger charge is 2.20. The van der Waals surface area contributed by atoms with Gasteiger partial charge in [0, 0.05) is 17.5 Å². The standard InChI is InChI=1S/C17H16N2O4S3/c1-11-16(25-17(19-11)15-3-2-8-24-15)10-18-26(20,21)12-4-5-13-14(9-12)23-7-6-22-13/h2-5,8-9,18H,6-7,10H2,1H3. The zero-order chi connectivity index (χ0) is 18.1. The number of aryl methyl sites for hydroxylation is 1. The Morgan fingerprint density at radius 1 is 1.19 bits per heavy atom. The van der Waals surface area contributed by atoms with Crippen molar-refractivity contribution in [1.82, 2.24) is 9.71 Å². The first-order chi connectivity index (χ1) is 12.5. The van der Waals surface area contributed by atoms with E-state index in [1.165, 1.54) is 23.5 Å². The second-order valence-corrected chi connectivity index (χ2v) is 9.43. The number of nitrogens with zero attached hydrogens (tertiary/aromatic N) is 1. The van der Waals surface area contributed by atoms with Crippen molar-refractivity contribution in [3.05, 3.63) is 46.3 Å². The van der Waals surface area contributed by atoms with Gasteiger partial charge in [-0.05, 0) is 30.5 Å². The summed E-state index contributed by atoms with van der Waals surface area (Å²) in [5.41, 5.74) is 0.836. The van der Waals surface area contributed by atoms with Crippen LogP contribution in [0.15, 0.2) is 40.6 Å². The fraction of sp³-hybridized carbons (Fsp3) is 0.235. The van der Waals surface area contributed by atoms with Crippen molar-refractivity contribution in [1.29, 1.82) is 0 Å². The molecule has 0 fully saturated rings. The molecule has 1 aromatic carbocycles. The van der Waals surface area contributed by atoms with E-state index in [1.54, 1.807) is 17.4 Å². The minimum absolute atomic E-state index is 0.155. The molecule has 3 heterocycles. The highest BCUT2D eigenvalue weighted by molar-refractivity contribution is 7.89. The molecule has 4 rings (SSSR count). The lowest BCUT2D eigenvalue weighted by Gasteiger charge is -2.18. The Labute approximate surface area is 159 Å². The van der Waals surface area contributed by atoms with Crippen LogP contribution in [0.5, 0.6) is 11.5 Å². The lowest BCUT2D eigenvalue weighted by atomic mass is 10.3. The summed E-state index contributed by atoms with van der Waals surface area (Å²) in [5, 5.41) is 2.90. The van der Waals surface area contributed by atoms with Crippen LogP contribution in [0.4, 0.5) is 0 Å². The largest absolute Gasteiger partial charge is 0.486 e. The van der Waals surface area contributed by atoms with Crippen LogP contribution in [-0.4, -0.2) is 26.6 Å². The topological polar surface area (TPSA) is 77.5 Å². The van der Waals surface area contributed by atoms with E-state index in [1.807, 2.05) is 24.4 Å². The van der Waals surface area contributed by atoms with Gasteiger partial charge in [-0.25, -0.2) is 18.1 Å². The third-order valence-electron chi connectivity index (χ3n) is 3.87. The van der Waals surface area contributed by atoms with Gasteiger partial charge in [-0.2, -0.15) is 0 Å². The molecule has 1 N–H and O–H groups in total. The summed E-state index contributed by atoms with van der Waals surface area (Å²) in [6.45, 7) is 2.97. The maximum Gasteiger partial charge on any atom is 0.241 e. The molecule has 1 aliphatic rings. The molecule has 9 heteroatoms. The number of aromatic nitrogens is 1. The molecule has 0 saturated carbocycles. The van der Waals surface area contributed by atoms with Crippen molar-refractivity contribution in [3.8, 4) is 21.4 Å². The number of thiophene rings is 1. The third kappa shape index (κ3) is 3.48. The summed E-state index contributed by atoms with van der Waals surface area (Å²) in [6, 6.07) is 8.61. The van der Waals surface area contributed by atoms with E-state index in [0.717, 1.165) is 20.5 Å². The monoisotopic (exact) mass is 408 g/mol. The van der Waals surface area contributed by atoms with Gasteiger partial charge < -0.3 is 9.47 Å². The van der Waals surface area contributed by atoms with Crippen LogP contribution in [0, 0.1) is 6.92 Å². The minimum atomic E-state index is -3.66. The number of hydrogen-bond acceptors (Lipinski definition) is 7. The maximum atomic E-state index is 12.6. The van der Waals surface area contributed by atoms with Gasteiger partial charge >= 0.3 is 0 Å². The van der Waals surface area contributed by atoms with Crippen LogP contribution in [0.2, 0.25) is 0 Å². The molecule has 3 aromatic rings. The van der Waals surface area contributed by atoms with Crippen molar-refractivity contribution >= 4 is 32.7 Å². The predicted molar refractivity (Wildman–Crippen MR) is 102 cm³/mol. The van der Waals surface area contributed by atoms with Gasteiger partial charge in [0.1, 0.15) is 18.2 Å². The number of fused-ring (bicyclic) bond motifs is 1. The van der Waals surface area contributed by atoms with E-state index in [0.29, 0.717) is 24.7 Å². The van der Waals surface area contributed by atoms with E-state index in [4.69, 9.17) is 9.47 Å². The van der Waals surface area contributed by atoms with Crippen LogP contribution in [0.3, 0.4) is 0 Å². The number of nitrogens with one attached hydrogen (secondary N) is 1. The minimum Gasteiger partial charge on any atom is -0.486 e. The SMILES string of the molecule is Cc1nc(-c2cccs2)sc1CNS(=O)(=O)c1ccc2c(c1)OCCO2. The van der Waals surface area contributed by atoms with E-state index in [2.05, 4.69) is 9.71 Å². The summed E-state index contributed by atoms with van der Waals surface area (Å²) in [5.74, 6) is 1.02. The molecule has 0 saturated heterocycles. The molecule has 0 unspecified atom stereocenters. The fourth-order valence-electron chi connectivity index (χ4n) is 2.53. The van der Waals surface area contributed by atoms with Gasteiger partial charge in [0.25, 0.3) is 0 Å². The highest BCUT2D eigenvalue weighted by atomic mass is 32.2. The average molecular weight is 409 g/mol. The molecule has 2 aromatic heterocycles. The third-order valence-corrected chi connectivity index (χ3v) is 7.47. The Hall–Kier alpha value is -1.94. The maximum absolute atomic E-state index is 12.6. The molecule has 0 atom stereocenters. The summed E-state index contributed by atoms with van der Waals surface area (Å²) in [4.78, 5) is 6.68. The first-order valence-electron chi connectivity index (χ1n) is 7.92.